The Morgan fingerprint density at radius 3 is 3.00 bits per heavy atom. The van der Waals surface area contributed by atoms with Crippen LogP contribution < -0.4 is 11.1 Å². The lowest BCUT2D eigenvalue weighted by molar-refractivity contribution is -0.118. The number of nitrogens with two attached hydrogens (primary N) is 1. The minimum Gasteiger partial charge on any atom is -0.383 e. The smallest absolute Gasteiger partial charge is 0.243 e. The molecule has 2 rings (SSSR count). The maximum Gasteiger partial charge on any atom is 0.243 e. The third-order valence-electron chi connectivity index (χ3n) is 2.63. The van der Waals surface area contributed by atoms with Gasteiger partial charge < -0.3 is 20.4 Å². The van der Waals surface area contributed by atoms with Crippen LogP contribution in [-0.2, 0) is 9.53 Å². The van der Waals surface area contributed by atoms with Gasteiger partial charge in [-0.25, -0.2) is 4.98 Å². The van der Waals surface area contributed by atoms with E-state index in [0.717, 1.165) is 5.69 Å². The van der Waals surface area contributed by atoms with E-state index >= 15 is 0 Å². The van der Waals surface area contributed by atoms with E-state index in [1.807, 2.05) is 28.8 Å². The van der Waals surface area contributed by atoms with Gasteiger partial charge in [0.15, 0.2) is 0 Å². The molecule has 2 aromatic rings. The molecule has 0 spiro atoms. The molecule has 1 unspecified atom stereocenters. The van der Waals surface area contributed by atoms with Gasteiger partial charge in [-0.2, -0.15) is 0 Å². The fourth-order valence-electron chi connectivity index (χ4n) is 1.69. The molecule has 3 N–H and O–H groups in total. The van der Waals surface area contributed by atoms with Gasteiger partial charge in [0.2, 0.25) is 5.91 Å². The standard InChI is InChI=1S/C13H16N4O2/c1-19-8-10(14)13(18)16-11-4-2-3-5-12(11)17-7-6-15-9-17/h2-7,9-10H,8,14H2,1H3,(H,16,18). The summed E-state index contributed by atoms with van der Waals surface area (Å²) in [5.41, 5.74) is 7.20. The fraction of sp³-hybridized carbons (Fsp3) is 0.231. The first-order valence-electron chi connectivity index (χ1n) is 5.85. The molecule has 1 aromatic heterocycles. The second-order valence-corrected chi connectivity index (χ2v) is 4.04. The van der Waals surface area contributed by atoms with Crippen molar-refractivity contribution >= 4 is 11.6 Å². The number of carbonyl (C=O) groups is 1. The van der Waals surface area contributed by atoms with Crippen molar-refractivity contribution in [3.63, 3.8) is 0 Å². The van der Waals surface area contributed by atoms with Gasteiger partial charge in [0, 0.05) is 19.5 Å². The summed E-state index contributed by atoms with van der Waals surface area (Å²) in [4.78, 5) is 15.9. The first kappa shape index (κ1) is 13.3. The summed E-state index contributed by atoms with van der Waals surface area (Å²) >= 11 is 0. The van der Waals surface area contributed by atoms with Crippen LogP contribution in [0.2, 0.25) is 0 Å². The van der Waals surface area contributed by atoms with Crippen molar-refractivity contribution in [1.82, 2.24) is 9.55 Å². The number of amides is 1. The predicted octanol–water partition coefficient (Wildman–Crippen LogP) is 0.784. The molecule has 0 radical (unpaired) electrons. The average molecular weight is 260 g/mol. The highest BCUT2D eigenvalue weighted by Crippen LogP contribution is 2.19. The fourth-order valence-corrected chi connectivity index (χ4v) is 1.69. The van der Waals surface area contributed by atoms with Crippen LogP contribution in [0.15, 0.2) is 43.0 Å². The minimum absolute atomic E-state index is 0.180. The van der Waals surface area contributed by atoms with Crippen LogP contribution in [0.25, 0.3) is 5.69 Å². The summed E-state index contributed by atoms with van der Waals surface area (Å²) < 4.78 is 6.68. The zero-order chi connectivity index (χ0) is 13.7. The molecule has 0 saturated carbocycles. The molecule has 19 heavy (non-hydrogen) atoms. The van der Waals surface area contributed by atoms with E-state index in [4.69, 9.17) is 10.5 Å². The molecule has 0 aliphatic carbocycles. The molecule has 0 fully saturated rings. The molecule has 0 aliphatic heterocycles. The Labute approximate surface area is 111 Å². The Bertz CT molecular complexity index is 539. The number of anilines is 1. The van der Waals surface area contributed by atoms with Crippen molar-refractivity contribution in [3.05, 3.63) is 43.0 Å². The number of para-hydroxylation sites is 2. The second-order valence-electron chi connectivity index (χ2n) is 4.04. The van der Waals surface area contributed by atoms with Crippen LogP contribution in [0.4, 0.5) is 5.69 Å². The predicted molar refractivity (Wildman–Crippen MR) is 72.0 cm³/mol. The summed E-state index contributed by atoms with van der Waals surface area (Å²) in [6.07, 6.45) is 5.15. The number of benzene rings is 1. The zero-order valence-corrected chi connectivity index (χ0v) is 10.6. The summed E-state index contributed by atoms with van der Waals surface area (Å²) in [5.74, 6) is -0.283. The van der Waals surface area contributed by atoms with E-state index in [0.29, 0.717) is 5.69 Å². The van der Waals surface area contributed by atoms with Crippen LogP contribution in [0.3, 0.4) is 0 Å². The third-order valence-corrected chi connectivity index (χ3v) is 2.63. The van der Waals surface area contributed by atoms with Gasteiger partial charge in [0.1, 0.15) is 6.04 Å². The van der Waals surface area contributed by atoms with Crippen LogP contribution in [0.1, 0.15) is 0 Å². The van der Waals surface area contributed by atoms with E-state index in [1.165, 1.54) is 7.11 Å². The largest absolute Gasteiger partial charge is 0.383 e. The first-order chi connectivity index (χ1) is 9.22. The number of hydrogen-bond acceptors (Lipinski definition) is 4. The Morgan fingerprint density at radius 2 is 2.32 bits per heavy atom. The highest BCUT2D eigenvalue weighted by atomic mass is 16.5. The molecule has 0 saturated heterocycles. The van der Waals surface area contributed by atoms with Gasteiger partial charge in [-0.1, -0.05) is 12.1 Å². The summed E-state index contributed by atoms with van der Waals surface area (Å²) in [6, 6.07) is 6.74. The number of hydrogen-bond donors (Lipinski definition) is 2. The minimum atomic E-state index is -0.694. The van der Waals surface area contributed by atoms with Gasteiger partial charge in [-0.3, -0.25) is 4.79 Å². The number of ether oxygens (including phenoxy) is 1. The van der Waals surface area contributed by atoms with Crippen LogP contribution in [0, 0.1) is 0 Å². The number of nitrogens with one attached hydrogen (secondary N) is 1. The number of nitrogens with zero attached hydrogens (tertiary/aromatic N) is 2. The van der Waals surface area contributed by atoms with Gasteiger partial charge in [0.25, 0.3) is 0 Å². The lowest BCUT2D eigenvalue weighted by atomic mass is 10.2. The molecule has 6 nitrogen and oxygen atoms in total. The molecule has 0 bridgehead atoms. The lowest BCUT2D eigenvalue weighted by Gasteiger charge is -2.14. The van der Waals surface area contributed by atoms with Crippen molar-refractivity contribution in [3.8, 4) is 5.69 Å². The van der Waals surface area contributed by atoms with Crippen molar-refractivity contribution in [2.75, 3.05) is 19.0 Å². The summed E-state index contributed by atoms with van der Waals surface area (Å²) in [7, 11) is 1.51. The quantitative estimate of drug-likeness (QED) is 0.832. The topological polar surface area (TPSA) is 82.2 Å². The Morgan fingerprint density at radius 1 is 1.53 bits per heavy atom. The normalized spacial score (nSPS) is 12.1. The highest BCUT2D eigenvalue weighted by molar-refractivity contribution is 5.96. The molecule has 6 heteroatoms. The maximum atomic E-state index is 11.9. The molecule has 1 amide bonds. The van der Waals surface area contributed by atoms with Crippen molar-refractivity contribution in [2.45, 2.75) is 6.04 Å². The van der Waals surface area contributed by atoms with E-state index in [9.17, 15) is 4.79 Å². The van der Waals surface area contributed by atoms with Crippen LogP contribution in [0.5, 0.6) is 0 Å². The van der Waals surface area contributed by atoms with E-state index in [1.54, 1.807) is 18.7 Å². The van der Waals surface area contributed by atoms with Crippen LogP contribution >= 0.6 is 0 Å². The van der Waals surface area contributed by atoms with E-state index in [2.05, 4.69) is 10.3 Å². The van der Waals surface area contributed by atoms with Crippen molar-refractivity contribution < 1.29 is 9.53 Å². The first-order valence-corrected chi connectivity index (χ1v) is 5.85. The van der Waals surface area contributed by atoms with E-state index in [-0.39, 0.29) is 12.5 Å². The number of methoxy groups -OCH3 is 1. The number of aromatic nitrogens is 2. The van der Waals surface area contributed by atoms with Crippen molar-refractivity contribution in [1.29, 1.82) is 0 Å². The average Bonchev–Trinajstić information content (AvgIpc) is 2.93. The SMILES string of the molecule is COCC(N)C(=O)Nc1ccccc1-n1ccnc1. The van der Waals surface area contributed by atoms with E-state index < -0.39 is 6.04 Å². The number of carbonyl (C=O) groups excluding carboxylic acids is 1. The molecule has 100 valence electrons. The molecular formula is C13H16N4O2. The Hall–Kier alpha value is -2.18. The number of rotatable bonds is 5. The maximum absolute atomic E-state index is 11.9. The number of imidazole rings is 1. The highest BCUT2D eigenvalue weighted by Gasteiger charge is 2.14. The van der Waals surface area contributed by atoms with Gasteiger partial charge >= 0.3 is 0 Å². The molecular weight excluding hydrogens is 244 g/mol. The lowest BCUT2D eigenvalue weighted by Crippen LogP contribution is -2.39. The molecule has 1 aromatic carbocycles. The third kappa shape index (κ3) is 3.18. The second kappa shape index (κ2) is 6.12. The van der Waals surface area contributed by atoms with Crippen LogP contribution in [-0.4, -0.2) is 35.2 Å². The summed E-state index contributed by atoms with van der Waals surface area (Å²) in [6.45, 7) is 0.180. The zero-order valence-electron chi connectivity index (χ0n) is 10.6. The monoisotopic (exact) mass is 260 g/mol. The van der Waals surface area contributed by atoms with Gasteiger partial charge in [-0.15, -0.1) is 0 Å². The molecule has 1 heterocycles. The molecule has 1 atom stereocenters. The van der Waals surface area contributed by atoms with Crippen molar-refractivity contribution in [2.24, 2.45) is 5.73 Å². The van der Waals surface area contributed by atoms with Gasteiger partial charge in [0.05, 0.1) is 24.3 Å². The summed E-state index contributed by atoms with van der Waals surface area (Å²) in [5, 5.41) is 2.79. The Balaban J connectivity index is 2.19. The van der Waals surface area contributed by atoms with Gasteiger partial charge in [-0.05, 0) is 12.1 Å². The Kier molecular flexibility index (Phi) is 4.27. The molecule has 0 aliphatic rings.